The highest BCUT2D eigenvalue weighted by atomic mass is 16.3. The zero-order chi connectivity index (χ0) is 11.5. The monoisotopic (exact) mass is 219 g/mol. The molecule has 0 heterocycles. The van der Waals surface area contributed by atoms with Gasteiger partial charge in [0, 0.05) is 12.6 Å². The van der Waals surface area contributed by atoms with E-state index in [2.05, 4.69) is 25.2 Å². The molecule has 1 saturated carbocycles. The minimum atomic E-state index is 0.354. The molecule has 16 heavy (non-hydrogen) atoms. The Morgan fingerprint density at radius 1 is 1.38 bits per heavy atom. The molecule has 0 amide bonds. The summed E-state index contributed by atoms with van der Waals surface area (Å²) in [5.41, 5.74) is 1.16. The molecule has 1 aromatic carbocycles. The lowest BCUT2D eigenvalue weighted by Crippen LogP contribution is -2.35. The first-order valence-electron chi connectivity index (χ1n) is 6.18. The Morgan fingerprint density at radius 3 is 2.69 bits per heavy atom. The third-order valence-corrected chi connectivity index (χ3v) is 3.30. The highest BCUT2D eigenvalue weighted by Gasteiger charge is 2.32. The van der Waals surface area contributed by atoms with Crippen LogP contribution in [0.25, 0.3) is 0 Å². The summed E-state index contributed by atoms with van der Waals surface area (Å²) in [7, 11) is 0. The Balaban J connectivity index is 1.90. The zero-order valence-electron chi connectivity index (χ0n) is 10.1. The van der Waals surface area contributed by atoms with Crippen LogP contribution in [0, 0.1) is 11.8 Å². The second-order valence-electron chi connectivity index (χ2n) is 5.16. The van der Waals surface area contributed by atoms with Crippen molar-refractivity contribution in [2.45, 2.75) is 39.3 Å². The van der Waals surface area contributed by atoms with Gasteiger partial charge in [-0.05, 0) is 42.4 Å². The van der Waals surface area contributed by atoms with Gasteiger partial charge in [-0.1, -0.05) is 26.0 Å². The van der Waals surface area contributed by atoms with Gasteiger partial charge in [0.15, 0.2) is 0 Å². The van der Waals surface area contributed by atoms with Crippen LogP contribution in [0.15, 0.2) is 24.3 Å². The summed E-state index contributed by atoms with van der Waals surface area (Å²) < 4.78 is 0. The molecule has 1 atom stereocenters. The number of nitrogens with one attached hydrogen (secondary N) is 1. The van der Waals surface area contributed by atoms with E-state index in [9.17, 15) is 5.11 Å². The largest absolute Gasteiger partial charge is 0.508 e. The number of rotatable bonds is 5. The van der Waals surface area contributed by atoms with Crippen molar-refractivity contribution in [2.75, 3.05) is 0 Å². The molecule has 0 saturated heterocycles. The van der Waals surface area contributed by atoms with Crippen LogP contribution >= 0.6 is 0 Å². The van der Waals surface area contributed by atoms with Crippen molar-refractivity contribution >= 4 is 0 Å². The fourth-order valence-corrected chi connectivity index (χ4v) is 2.30. The summed E-state index contributed by atoms with van der Waals surface area (Å²) in [5.74, 6) is 1.91. The molecule has 0 spiro atoms. The summed E-state index contributed by atoms with van der Waals surface area (Å²) in [4.78, 5) is 0. The molecule has 88 valence electrons. The van der Waals surface area contributed by atoms with Crippen LogP contribution in [0.5, 0.6) is 5.75 Å². The van der Waals surface area contributed by atoms with Crippen LogP contribution in [-0.2, 0) is 6.54 Å². The van der Waals surface area contributed by atoms with Crippen LogP contribution < -0.4 is 5.32 Å². The van der Waals surface area contributed by atoms with E-state index in [-0.39, 0.29) is 0 Å². The first-order valence-corrected chi connectivity index (χ1v) is 6.18. The van der Waals surface area contributed by atoms with E-state index in [0.717, 1.165) is 18.0 Å². The lowest BCUT2D eigenvalue weighted by atomic mass is 9.99. The molecule has 1 unspecified atom stereocenters. The van der Waals surface area contributed by atoms with Gasteiger partial charge < -0.3 is 10.4 Å². The Labute approximate surface area is 97.7 Å². The third-order valence-electron chi connectivity index (χ3n) is 3.30. The van der Waals surface area contributed by atoms with Crippen molar-refractivity contribution in [3.63, 3.8) is 0 Å². The summed E-state index contributed by atoms with van der Waals surface area (Å²) in [6.45, 7) is 5.41. The van der Waals surface area contributed by atoms with E-state index >= 15 is 0 Å². The average Bonchev–Trinajstić information content (AvgIpc) is 3.02. The first kappa shape index (κ1) is 11.5. The Kier molecular flexibility index (Phi) is 3.49. The number of phenols is 1. The molecule has 0 aromatic heterocycles. The van der Waals surface area contributed by atoms with Crippen molar-refractivity contribution in [3.8, 4) is 5.75 Å². The molecule has 0 aliphatic heterocycles. The number of aromatic hydroxyl groups is 1. The number of benzene rings is 1. The zero-order valence-corrected chi connectivity index (χ0v) is 10.1. The van der Waals surface area contributed by atoms with Crippen LogP contribution in [0.2, 0.25) is 0 Å². The van der Waals surface area contributed by atoms with Crippen molar-refractivity contribution in [3.05, 3.63) is 29.8 Å². The van der Waals surface area contributed by atoms with Crippen LogP contribution in [-0.4, -0.2) is 11.1 Å². The normalized spacial score (nSPS) is 17.7. The Morgan fingerprint density at radius 2 is 2.12 bits per heavy atom. The highest BCUT2D eigenvalue weighted by Crippen LogP contribution is 2.35. The van der Waals surface area contributed by atoms with Gasteiger partial charge in [0.25, 0.3) is 0 Å². The summed E-state index contributed by atoms with van der Waals surface area (Å²) >= 11 is 0. The van der Waals surface area contributed by atoms with Crippen molar-refractivity contribution in [1.82, 2.24) is 5.32 Å². The molecule has 1 aliphatic rings. The second-order valence-corrected chi connectivity index (χ2v) is 5.16. The van der Waals surface area contributed by atoms with Gasteiger partial charge in [0.1, 0.15) is 5.75 Å². The molecule has 2 rings (SSSR count). The smallest absolute Gasteiger partial charge is 0.115 e. The molecule has 0 bridgehead atoms. The van der Waals surface area contributed by atoms with Crippen LogP contribution in [0.3, 0.4) is 0 Å². The predicted octanol–water partition coefficient (Wildman–Crippen LogP) is 2.92. The van der Waals surface area contributed by atoms with E-state index in [0.29, 0.717) is 17.7 Å². The molecular formula is C14H21NO. The van der Waals surface area contributed by atoms with Crippen molar-refractivity contribution in [1.29, 1.82) is 0 Å². The molecule has 1 aliphatic carbocycles. The number of hydrogen-bond donors (Lipinski definition) is 2. The molecule has 1 fully saturated rings. The Hall–Kier alpha value is -1.02. The molecule has 2 N–H and O–H groups in total. The number of phenolic OH excluding ortho intramolecular Hbond substituents is 1. The molecule has 1 aromatic rings. The number of hydrogen-bond acceptors (Lipinski definition) is 2. The van der Waals surface area contributed by atoms with Crippen LogP contribution in [0.4, 0.5) is 0 Å². The minimum absolute atomic E-state index is 0.354. The van der Waals surface area contributed by atoms with E-state index < -0.39 is 0 Å². The van der Waals surface area contributed by atoms with Gasteiger partial charge in [0.05, 0.1) is 0 Å². The van der Waals surface area contributed by atoms with Crippen LogP contribution in [0.1, 0.15) is 32.3 Å². The standard InChI is InChI=1S/C14H21NO/c1-10(2)14(12-6-7-12)15-9-11-4-3-5-13(16)8-11/h3-5,8,10,12,14-16H,6-7,9H2,1-2H3. The molecular weight excluding hydrogens is 198 g/mol. The van der Waals surface area contributed by atoms with Gasteiger partial charge in [-0.2, -0.15) is 0 Å². The SMILES string of the molecule is CC(C)C(NCc1cccc(O)c1)C1CC1. The maximum Gasteiger partial charge on any atom is 0.115 e. The van der Waals surface area contributed by atoms with E-state index in [1.807, 2.05) is 12.1 Å². The lowest BCUT2D eigenvalue weighted by Gasteiger charge is -2.22. The maximum absolute atomic E-state index is 9.38. The quantitative estimate of drug-likeness (QED) is 0.798. The predicted molar refractivity (Wildman–Crippen MR) is 66.3 cm³/mol. The fourth-order valence-electron chi connectivity index (χ4n) is 2.30. The van der Waals surface area contributed by atoms with Gasteiger partial charge in [-0.15, -0.1) is 0 Å². The molecule has 0 radical (unpaired) electrons. The van der Waals surface area contributed by atoms with Gasteiger partial charge in [0.2, 0.25) is 0 Å². The summed E-state index contributed by atoms with van der Waals surface area (Å²) in [5, 5.41) is 13.0. The third kappa shape index (κ3) is 2.99. The maximum atomic E-state index is 9.38. The molecule has 2 nitrogen and oxygen atoms in total. The van der Waals surface area contributed by atoms with Crippen molar-refractivity contribution in [2.24, 2.45) is 11.8 Å². The minimum Gasteiger partial charge on any atom is -0.508 e. The highest BCUT2D eigenvalue weighted by molar-refractivity contribution is 5.27. The van der Waals surface area contributed by atoms with Gasteiger partial charge in [-0.25, -0.2) is 0 Å². The van der Waals surface area contributed by atoms with Gasteiger partial charge in [-0.3, -0.25) is 0 Å². The summed E-state index contributed by atoms with van der Waals surface area (Å²) in [6, 6.07) is 8.12. The topological polar surface area (TPSA) is 32.3 Å². The first-order chi connectivity index (χ1) is 7.66. The van der Waals surface area contributed by atoms with Gasteiger partial charge >= 0.3 is 0 Å². The second kappa shape index (κ2) is 4.88. The van der Waals surface area contributed by atoms with E-state index in [4.69, 9.17) is 0 Å². The van der Waals surface area contributed by atoms with E-state index in [1.165, 1.54) is 12.8 Å². The molecule has 2 heteroatoms. The van der Waals surface area contributed by atoms with Crippen molar-refractivity contribution < 1.29 is 5.11 Å². The average molecular weight is 219 g/mol. The van der Waals surface area contributed by atoms with E-state index in [1.54, 1.807) is 6.07 Å². The summed E-state index contributed by atoms with van der Waals surface area (Å²) in [6.07, 6.45) is 2.74. The Bertz CT molecular complexity index is 342. The lowest BCUT2D eigenvalue weighted by molar-refractivity contribution is 0.359. The fraction of sp³-hybridized carbons (Fsp3) is 0.571.